The van der Waals surface area contributed by atoms with Crippen molar-refractivity contribution in [2.24, 2.45) is 0 Å². The van der Waals surface area contributed by atoms with E-state index in [9.17, 15) is 0 Å². The lowest BCUT2D eigenvalue weighted by Crippen LogP contribution is -2.61. The van der Waals surface area contributed by atoms with Gasteiger partial charge in [-0.15, -0.1) is 11.3 Å². The molecule has 2 rings (SSSR count). The molecule has 0 aliphatic carbocycles. The Kier molecular flexibility index (Phi) is 6.23. The molecule has 3 nitrogen and oxygen atoms in total. The molecule has 0 radical (unpaired) electrons. The molecule has 1 aliphatic heterocycles. The molecule has 21 heavy (non-hydrogen) atoms. The summed E-state index contributed by atoms with van der Waals surface area (Å²) in [7, 11) is 0. The summed E-state index contributed by atoms with van der Waals surface area (Å²) in [6.45, 7) is 14.0. The van der Waals surface area contributed by atoms with Crippen molar-refractivity contribution in [2.75, 3.05) is 32.8 Å². The summed E-state index contributed by atoms with van der Waals surface area (Å²) in [6.07, 6.45) is 2.26. The summed E-state index contributed by atoms with van der Waals surface area (Å²) in [5, 5.41) is 3.72. The van der Waals surface area contributed by atoms with Gasteiger partial charge in [-0.3, -0.25) is 4.90 Å². The normalized spacial score (nSPS) is 18.9. The van der Waals surface area contributed by atoms with Gasteiger partial charge in [0.25, 0.3) is 0 Å². The van der Waals surface area contributed by atoms with Crippen molar-refractivity contribution in [3.63, 3.8) is 0 Å². The number of morpholine rings is 1. The average molecular weight is 311 g/mol. The summed E-state index contributed by atoms with van der Waals surface area (Å²) >= 11 is 1.97. The first kappa shape index (κ1) is 16.9. The quantitative estimate of drug-likeness (QED) is 0.838. The molecule has 2 heterocycles. The highest BCUT2D eigenvalue weighted by molar-refractivity contribution is 7.11. The van der Waals surface area contributed by atoms with Gasteiger partial charge in [-0.05, 0) is 45.4 Å². The van der Waals surface area contributed by atoms with Crippen LogP contribution >= 0.6 is 11.3 Å². The van der Waals surface area contributed by atoms with E-state index in [1.54, 1.807) is 0 Å². The maximum atomic E-state index is 5.51. The van der Waals surface area contributed by atoms with Gasteiger partial charge >= 0.3 is 0 Å². The number of nitrogens with zero attached hydrogens (tertiary/aromatic N) is 1. The first-order valence-electron chi connectivity index (χ1n) is 8.21. The van der Waals surface area contributed by atoms with E-state index < -0.39 is 0 Å². The smallest absolute Gasteiger partial charge is 0.0594 e. The summed E-state index contributed by atoms with van der Waals surface area (Å²) in [5.41, 5.74) is 0.149. The largest absolute Gasteiger partial charge is 0.379 e. The Hall–Kier alpha value is -0.420. The van der Waals surface area contributed by atoms with Gasteiger partial charge in [0.1, 0.15) is 0 Å². The van der Waals surface area contributed by atoms with Crippen LogP contribution in [0.4, 0.5) is 0 Å². The van der Waals surface area contributed by atoms with Crippen molar-refractivity contribution in [3.05, 3.63) is 21.9 Å². The fourth-order valence-electron chi connectivity index (χ4n) is 3.10. The predicted molar refractivity (Wildman–Crippen MR) is 91.3 cm³/mol. The zero-order valence-electron chi connectivity index (χ0n) is 13.9. The molecular weight excluding hydrogens is 280 g/mol. The zero-order valence-corrected chi connectivity index (χ0v) is 14.8. The first-order valence-corrected chi connectivity index (χ1v) is 9.03. The lowest BCUT2D eigenvalue weighted by Gasteiger charge is -2.46. The topological polar surface area (TPSA) is 24.5 Å². The van der Waals surface area contributed by atoms with E-state index >= 15 is 0 Å². The van der Waals surface area contributed by atoms with Crippen LogP contribution in [0.1, 0.15) is 37.4 Å². The lowest BCUT2D eigenvalue weighted by molar-refractivity contribution is -0.0229. The average Bonchev–Trinajstić information content (AvgIpc) is 2.95. The Bertz CT molecular complexity index is 424. The number of likely N-dealkylation sites (N-methyl/N-ethyl adjacent to an activating group) is 1. The number of rotatable bonds is 7. The van der Waals surface area contributed by atoms with Gasteiger partial charge in [-0.1, -0.05) is 13.8 Å². The van der Waals surface area contributed by atoms with Gasteiger partial charge < -0.3 is 10.1 Å². The van der Waals surface area contributed by atoms with Crippen LogP contribution < -0.4 is 5.32 Å². The predicted octanol–water partition coefficient (Wildman–Crippen LogP) is 2.94. The van der Waals surface area contributed by atoms with Crippen LogP contribution in [0.2, 0.25) is 0 Å². The third-order valence-electron chi connectivity index (χ3n) is 4.60. The van der Waals surface area contributed by atoms with Crippen molar-refractivity contribution in [2.45, 2.75) is 52.1 Å². The van der Waals surface area contributed by atoms with Crippen LogP contribution in [0.3, 0.4) is 0 Å². The minimum atomic E-state index is 0.149. The second-order valence-electron chi connectivity index (χ2n) is 6.29. The molecule has 0 amide bonds. The number of aryl methyl sites for hydroxylation is 1. The molecule has 1 atom stereocenters. The number of thiophene rings is 1. The Morgan fingerprint density at radius 2 is 1.90 bits per heavy atom. The van der Waals surface area contributed by atoms with E-state index in [0.29, 0.717) is 6.04 Å². The molecule has 1 aromatic heterocycles. The second kappa shape index (κ2) is 7.73. The first-order chi connectivity index (χ1) is 10.1. The molecule has 4 heteroatoms. The van der Waals surface area contributed by atoms with Crippen LogP contribution in [-0.2, 0) is 17.6 Å². The highest BCUT2D eigenvalue weighted by atomic mass is 32.1. The molecule has 0 spiro atoms. The number of nitrogens with one attached hydrogen (secondary N) is 1. The number of hydrogen-bond acceptors (Lipinski definition) is 4. The molecule has 1 N–H and O–H groups in total. The highest BCUT2D eigenvalue weighted by Gasteiger charge is 2.35. The number of hydrogen-bond donors (Lipinski definition) is 1. The fourth-order valence-corrected chi connectivity index (χ4v) is 4.10. The molecule has 1 unspecified atom stereocenters. The van der Waals surface area contributed by atoms with Crippen molar-refractivity contribution < 1.29 is 4.74 Å². The van der Waals surface area contributed by atoms with E-state index in [1.807, 2.05) is 11.3 Å². The zero-order chi connectivity index (χ0) is 15.3. The SMILES string of the molecule is CCNC(Cc1ccc(CC)s1)C(C)(C)N1CCOCC1. The van der Waals surface area contributed by atoms with E-state index in [-0.39, 0.29) is 5.54 Å². The van der Waals surface area contributed by atoms with Crippen molar-refractivity contribution in [1.29, 1.82) is 0 Å². The van der Waals surface area contributed by atoms with E-state index in [4.69, 9.17) is 4.74 Å². The van der Waals surface area contributed by atoms with Crippen LogP contribution in [0.25, 0.3) is 0 Å². The molecule has 1 aromatic rings. The summed E-state index contributed by atoms with van der Waals surface area (Å²) in [6, 6.07) is 5.07. The second-order valence-corrected chi connectivity index (χ2v) is 7.54. The Balaban J connectivity index is 2.08. The van der Waals surface area contributed by atoms with Crippen LogP contribution in [0.5, 0.6) is 0 Å². The summed E-state index contributed by atoms with van der Waals surface area (Å²) in [5.74, 6) is 0. The van der Waals surface area contributed by atoms with Gasteiger partial charge in [-0.2, -0.15) is 0 Å². The molecule has 1 aliphatic rings. The van der Waals surface area contributed by atoms with Crippen molar-refractivity contribution in [1.82, 2.24) is 10.2 Å². The minimum absolute atomic E-state index is 0.149. The number of ether oxygens (including phenoxy) is 1. The molecular formula is C17H30N2OS. The molecule has 0 saturated carbocycles. The van der Waals surface area contributed by atoms with Crippen molar-refractivity contribution >= 4 is 11.3 Å². The summed E-state index contributed by atoms with van der Waals surface area (Å²) in [4.78, 5) is 5.57. The van der Waals surface area contributed by atoms with Crippen LogP contribution in [0, 0.1) is 0 Å². The minimum Gasteiger partial charge on any atom is -0.379 e. The van der Waals surface area contributed by atoms with Gasteiger partial charge in [0.2, 0.25) is 0 Å². The Morgan fingerprint density at radius 1 is 1.24 bits per heavy atom. The maximum absolute atomic E-state index is 5.51. The monoisotopic (exact) mass is 310 g/mol. The highest BCUT2D eigenvalue weighted by Crippen LogP contribution is 2.26. The third kappa shape index (κ3) is 4.28. The fraction of sp³-hybridized carbons (Fsp3) is 0.765. The molecule has 0 aromatic carbocycles. The van der Waals surface area contributed by atoms with Crippen LogP contribution in [-0.4, -0.2) is 49.3 Å². The van der Waals surface area contributed by atoms with Gasteiger partial charge in [0.05, 0.1) is 13.2 Å². The van der Waals surface area contributed by atoms with E-state index in [0.717, 1.165) is 45.7 Å². The van der Waals surface area contributed by atoms with Gasteiger partial charge in [0, 0.05) is 34.4 Å². The van der Waals surface area contributed by atoms with E-state index in [1.165, 1.54) is 9.75 Å². The third-order valence-corrected chi connectivity index (χ3v) is 5.85. The molecule has 120 valence electrons. The Morgan fingerprint density at radius 3 is 2.48 bits per heavy atom. The lowest BCUT2D eigenvalue weighted by atomic mass is 9.89. The van der Waals surface area contributed by atoms with Gasteiger partial charge in [-0.25, -0.2) is 0 Å². The standard InChI is InChI=1S/C17H30N2OS/c1-5-14-7-8-15(21-14)13-16(18-6-2)17(3,4)19-9-11-20-12-10-19/h7-8,16,18H,5-6,9-13H2,1-4H3. The molecule has 1 saturated heterocycles. The maximum Gasteiger partial charge on any atom is 0.0594 e. The van der Waals surface area contributed by atoms with E-state index in [2.05, 4.69) is 50.0 Å². The Labute approximate surface area is 133 Å². The van der Waals surface area contributed by atoms with Gasteiger partial charge in [0.15, 0.2) is 0 Å². The molecule has 1 fully saturated rings. The molecule has 0 bridgehead atoms. The van der Waals surface area contributed by atoms with Crippen molar-refractivity contribution in [3.8, 4) is 0 Å². The summed E-state index contributed by atoms with van der Waals surface area (Å²) < 4.78 is 5.51. The van der Waals surface area contributed by atoms with Crippen LogP contribution in [0.15, 0.2) is 12.1 Å².